The summed E-state index contributed by atoms with van der Waals surface area (Å²) in [5.41, 5.74) is 0.654. The van der Waals surface area contributed by atoms with Gasteiger partial charge in [-0.1, -0.05) is 23.7 Å². The van der Waals surface area contributed by atoms with Gasteiger partial charge in [0.1, 0.15) is 16.5 Å². The number of hydrogen-bond acceptors (Lipinski definition) is 4. The number of nitrogens with zero attached hydrogens (tertiary/aromatic N) is 1. The predicted octanol–water partition coefficient (Wildman–Crippen LogP) is 4.68. The molecular formula is C23H17ClFNO4S. The summed E-state index contributed by atoms with van der Waals surface area (Å²) in [4.78, 5) is 12.8. The van der Waals surface area contributed by atoms with Gasteiger partial charge in [0.2, 0.25) is 15.3 Å². The van der Waals surface area contributed by atoms with E-state index >= 15 is 0 Å². The van der Waals surface area contributed by atoms with Crippen molar-refractivity contribution in [1.82, 2.24) is 4.57 Å². The second-order valence-electron chi connectivity index (χ2n) is 6.92. The van der Waals surface area contributed by atoms with E-state index in [-0.39, 0.29) is 27.5 Å². The van der Waals surface area contributed by atoms with Crippen LogP contribution in [-0.4, -0.2) is 20.1 Å². The Morgan fingerprint density at radius 1 is 1.00 bits per heavy atom. The van der Waals surface area contributed by atoms with Crippen LogP contribution in [0.4, 0.5) is 4.39 Å². The van der Waals surface area contributed by atoms with E-state index in [1.165, 1.54) is 55.8 Å². The highest BCUT2D eigenvalue weighted by atomic mass is 35.5. The molecule has 0 spiro atoms. The SMILES string of the molecule is COc1ccc2c(c1)c(=O)c(S(=O)(=O)c1ccc(Cl)cc1)cn2Cc1ccc(F)cc1. The molecule has 3 aromatic carbocycles. The van der Waals surface area contributed by atoms with Crippen molar-refractivity contribution in [2.24, 2.45) is 0 Å². The van der Waals surface area contributed by atoms with Gasteiger partial charge in [0.15, 0.2) is 0 Å². The van der Waals surface area contributed by atoms with E-state index in [4.69, 9.17) is 16.3 Å². The minimum absolute atomic E-state index is 0.0374. The average Bonchev–Trinajstić information content (AvgIpc) is 2.77. The largest absolute Gasteiger partial charge is 0.497 e. The molecule has 1 heterocycles. The maximum atomic E-state index is 13.3. The molecule has 0 fully saturated rings. The molecule has 0 aliphatic carbocycles. The Morgan fingerprint density at radius 2 is 1.68 bits per heavy atom. The number of halogens is 2. The first kappa shape index (κ1) is 21.1. The monoisotopic (exact) mass is 457 g/mol. The molecule has 0 aliphatic rings. The van der Waals surface area contributed by atoms with Crippen LogP contribution in [0.25, 0.3) is 10.9 Å². The number of aromatic nitrogens is 1. The van der Waals surface area contributed by atoms with Gasteiger partial charge in [-0.15, -0.1) is 0 Å². The summed E-state index contributed by atoms with van der Waals surface area (Å²) in [7, 11) is -2.65. The topological polar surface area (TPSA) is 65.4 Å². The molecule has 0 saturated heterocycles. The van der Waals surface area contributed by atoms with Crippen LogP contribution in [0.15, 0.2) is 87.5 Å². The number of rotatable bonds is 5. The Balaban J connectivity index is 1.96. The Hall–Kier alpha value is -3.16. The summed E-state index contributed by atoms with van der Waals surface area (Å²) in [5.74, 6) is 0.0585. The lowest BCUT2D eigenvalue weighted by molar-refractivity contribution is 0.415. The average molecular weight is 458 g/mol. The molecule has 0 unspecified atom stereocenters. The molecule has 0 radical (unpaired) electrons. The lowest BCUT2D eigenvalue weighted by Crippen LogP contribution is -2.19. The van der Waals surface area contributed by atoms with Crippen molar-refractivity contribution in [3.8, 4) is 5.75 Å². The molecule has 4 rings (SSSR count). The Bertz CT molecular complexity index is 1430. The van der Waals surface area contributed by atoms with Crippen molar-refractivity contribution in [3.63, 3.8) is 0 Å². The number of ether oxygens (including phenoxy) is 1. The summed E-state index contributed by atoms with van der Waals surface area (Å²) < 4.78 is 46.7. The summed E-state index contributed by atoms with van der Waals surface area (Å²) >= 11 is 5.88. The van der Waals surface area contributed by atoms with Crippen LogP contribution >= 0.6 is 11.6 Å². The van der Waals surface area contributed by atoms with Crippen LogP contribution in [0, 0.1) is 5.82 Å². The lowest BCUT2D eigenvalue weighted by atomic mass is 10.1. The fraction of sp³-hybridized carbons (Fsp3) is 0.0870. The van der Waals surface area contributed by atoms with Crippen LogP contribution in [0.3, 0.4) is 0 Å². The number of methoxy groups -OCH3 is 1. The molecule has 0 N–H and O–H groups in total. The molecule has 0 amide bonds. The molecule has 0 saturated carbocycles. The van der Waals surface area contributed by atoms with Gasteiger partial charge in [0.05, 0.1) is 22.9 Å². The van der Waals surface area contributed by atoms with Gasteiger partial charge >= 0.3 is 0 Å². The highest BCUT2D eigenvalue weighted by molar-refractivity contribution is 7.91. The molecule has 0 atom stereocenters. The van der Waals surface area contributed by atoms with Gasteiger partial charge in [0.25, 0.3) is 0 Å². The first-order valence-corrected chi connectivity index (χ1v) is 11.1. The van der Waals surface area contributed by atoms with E-state index in [1.54, 1.807) is 28.8 Å². The third-order valence-corrected chi connectivity index (χ3v) is 6.95. The molecule has 0 bridgehead atoms. The van der Waals surface area contributed by atoms with Crippen LogP contribution < -0.4 is 10.2 Å². The van der Waals surface area contributed by atoms with Crippen LogP contribution in [0.1, 0.15) is 5.56 Å². The fourth-order valence-electron chi connectivity index (χ4n) is 3.33. The zero-order chi connectivity index (χ0) is 22.2. The summed E-state index contributed by atoms with van der Waals surface area (Å²) in [5, 5.41) is 0.590. The highest BCUT2D eigenvalue weighted by Gasteiger charge is 2.24. The van der Waals surface area contributed by atoms with Crippen molar-refractivity contribution >= 4 is 32.3 Å². The maximum absolute atomic E-state index is 13.3. The Labute approximate surface area is 183 Å². The first-order chi connectivity index (χ1) is 14.8. The molecule has 4 aromatic rings. The normalized spacial score (nSPS) is 11.6. The van der Waals surface area contributed by atoms with Gasteiger partial charge in [-0.2, -0.15) is 0 Å². The highest BCUT2D eigenvalue weighted by Crippen LogP contribution is 2.25. The Morgan fingerprint density at radius 3 is 2.32 bits per heavy atom. The second kappa shape index (κ2) is 8.17. The zero-order valence-electron chi connectivity index (χ0n) is 16.4. The maximum Gasteiger partial charge on any atom is 0.211 e. The van der Waals surface area contributed by atoms with E-state index in [0.29, 0.717) is 16.3 Å². The predicted molar refractivity (Wildman–Crippen MR) is 117 cm³/mol. The smallest absolute Gasteiger partial charge is 0.211 e. The molecule has 31 heavy (non-hydrogen) atoms. The summed E-state index contributed by atoms with van der Waals surface area (Å²) in [6.45, 7) is 0.243. The van der Waals surface area contributed by atoms with E-state index in [9.17, 15) is 17.6 Å². The van der Waals surface area contributed by atoms with Gasteiger partial charge in [0, 0.05) is 17.8 Å². The van der Waals surface area contributed by atoms with Crippen molar-refractivity contribution < 1.29 is 17.5 Å². The first-order valence-electron chi connectivity index (χ1n) is 9.26. The van der Waals surface area contributed by atoms with E-state index in [2.05, 4.69) is 0 Å². The van der Waals surface area contributed by atoms with Gasteiger partial charge in [-0.25, -0.2) is 12.8 Å². The van der Waals surface area contributed by atoms with E-state index in [1.807, 2.05) is 0 Å². The number of fused-ring (bicyclic) bond motifs is 1. The Kier molecular flexibility index (Phi) is 5.56. The number of pyridine rings is 1. The zero-order valence-corrected chi connectivity index (χ0v) is 18.0. The van der Waals surface area contributed by atoms with E-state index in [0.717, 1.165) is 5.56 Å². The van der Waals surface area contributed by atoms with Crippen LogP contribution in [0.2, 0.25) is 5.02 Å². The molecular weight excluding hydrogens is 441 g/mol. The summed E-state index contributed by atoms with van der Waals surface area (Å²) in [6.07, 6.45) is 1.32. The standard InChI is InChI=1S/C23H17ClFNO4S/c1-30-18-8-11-21-20(12-18)23(27)22(31(28,29)19-9-4-16(24)5-10-19)14-26(21)13-15-2-6-17(25)7-3-15/h2-12,14H,13H2,1H3. The fourth-order valence-corrected chi connectivity index (χ4v) is 4.82. The molecule has 0 aliphatic heterocycles. The second-order valence-corrected chi connectivity index (χ2v) is 9.27. The minimum atomic E-state index is -4.11. The quantitative estimate of drug-likeness (QED) is 0.436. The molecule has 8 heteroatoms. The molecule has 5 nitrogen and oxygen atoms in total. The summed E-state index contributed by atoms with van der Waals surface area (Å²) in [6, 6.07) is 16.4. The number of hydrogen-bond donors (Lipinski definition) is 0. The number of benzene rings is 3. The van der Waals surface area contributed by atoms with E-state index < -0.39 is 15.3 Å². The van der Waals surface area contributed by atoms with Crippen molar-refractivity contribution in [3.05, 3.63) is 99.6 Å². The van der Waals surface area contributed by atoms with Gasteiger partial charge in [-0.05, 0) is 60.2 Å². The minimum Gasteiger partial charge on any atom is -0.497 e. The lowest BCUT2D eigenvalue weighted by Gasteiger charge is -2.15. The van der Waals surface area contributed by atoms with Gasteiger partial charge in [-0.3, -0.25) is 4.79 Å². The van der Waals surface area contributed by atoms with Gasteiger partial charge < -0.3 is 9.30 Å². The van der Waals surface area contributed by atoms with Crippen molar-refractivity contribution in [1.29, 1.82) is 0 Å². The third kappa shape index (κ3) is 4.06. The van der Waals surface area contributed by atoms with Crippen molar-refractivity contribution in [2.75, 3.05) is 7.11 Å². The molecule has 1 aromatic heterocycles. The van der Waals surface area contributed by atoms with Crippen LogP contribution in [-0.2, 0) is 16.4 Å². The van der Waals surface area contributed by atoms with Crippen molar-refractivity contribution in [2.45, 2.75) is 16.3 Å². The number of sulfone groups is 1. The van der Waals surface area contributed by atoms with Crippen LogP contribution in [0.5, 0.6) is 5.75 Å². The third-order valence-electron chi connectivity index (χ3n) is 4.93. The molecule has 158 valence electrons.